The fraction of sp³-hybridized carbons (Fsp3) is 0.278. The number of Topliss-reactive ketones (excluding diaryl/α,β-unsaturated/α-hetero) is 1. The van der Waals surface area contributed by atoms with Gasteiger partial charge in [0.1, 0.15) is 5.82 Å². The number of hydrogen-bond acceptors (Lipinski definition) is 2. The molecule has 0 radical (unpaired) electrons. The van der Waals surface area contributed by atoms with Crippen molar-refractivity contribution in [1.29, 1.82) is 0 Å². The number of halogens is 1. The molecule has 2 aromatic rings. The zero-order chi connectivity index (χ0) is 15.2. The van der Waals surface area contributed by atoms with E-state index in [9.17, 15) is 9.18 Å². The standard InChI is InChI=1S/C18H20FNO/c1-13-3-8-17(14(2)11-13)18(21)12-20-10-9-15-4-6-16(19)7-5-15/h3-8,11,20H,9-10,12H2,1-2H3. The van der Waals surface area contributed by atoms with Crippen LogP contribution in [0.4, 0.5) is 4.39 Å². The highest BCUT2D eigenvalue weighted by Gasteiger charge is 2.08. The number of aryl methyl sites for hydroxylation is 2. The summed E-state index contributed by atoms with van der Waals surface area (Å²) in [6, 6.07) is 12.3. The Morgan fingerprint density at radius 2 is 1.81 bits per heavy atom. The summed E-state index contributed by atoms with van der Waals surface area (Å²) >= 11 is 0. The fourth-order valence-electron chi connectivity index (χ4n) is 2.31. The van der Waals surface area contributed by atoms with Crippen LogP contribution < -0.4 is 5.32 Å². The molecule has 0 aliphatic carbocycles. The van der Waals surface area contributed by atoms with Gasteiger partial charge in [-0.1, -0.05) is 35.9 Å². The lowest BCUT2D eigenvalue weighted by molar-refractivity contribution is 0.0991. The highest BCUT2D eigenvalue weighted by Crippen LogP contribution is 2.11. The van der Waals surface area contributed by atoms with Gasteiger partial charge in [-0.15, -0.1) is 0 Å². The molecule has 0 spiro atoms. The number of carbonyl (C=O) groups excluding carboxylic acids is 1. The van der Waals surface area contributed by atoms with Crippen molar-refractivity contribution in [3.8, 4) is 0 Å². The second-order valence-corrected chi connectivity index (χ2v) is 5.29. The minimum atomic E-state index is -0.225. The molecule has 0 atom stereocenters. The van der Waals surface area contributed by atoms with Crippen molar-refractivity contribution < 1.29 is 9.18 Å². The van der Waals surface area contributed by atoms with Gasteiger partial charge in [0.2, 0.25) is 0 Å². The molecule has 0 saturated heterocycles. The summed E-state index contributed by atoms with van der Waals surface area (Å²) < 4.78 is 12.8. The number of benzene rings is 2. The zero-order valence-electron chi connectivity index (χ0n) is 12.4. The average Bonchev–Trinajstić information content (AvgIpc) is 2.45. The van der Waals surface area contributed by atoms with Crippen molar-refractivity contribution in [3.05, 3.63) is 70.5 Å². The van der Waals surface area contributed by atoms with Crippen LogP contribution in [0.2, 0.25) is 0 Å². The van der Waals surface area contributed by atoms with Gasteiger partial charge in [0.05, 0.1) is 6.54 Å². The van der Waals surface area contributed by atoms with Gasteiger partial charge in [-0.3, -0.25) is 4.79 Å². The Hall–Kier alpha value is -2.00. The van der Waals surface area contributed by atoms with Gasteiger partial charge in [-0.25, -0.2) is 4.39 Å². The van der Waals surface area contributed by atoms with Gasteiger partial charge in [0, 0.05) is 5.56 Å². The van der Waals surface area contributed by atoms with Crippen LogP contribution in [0.25, 0.3) is 0 Å². The first-order chi connectivity index (χ1) is 10.1. The van der Waals surface area contributed by atoms with Crippen LogP contribution in [0.5, 0.6) is 0 Å². The first-order valence-corrected chi connectivity index (χ1v) is 7.12. The molecule has 0 heterocycles. The van der Waals surface area contributed by atoms with Crippen LogP contribution in [0.3, 0.4) is 0 Å². The molecule has 1 N–H and O–H groups in total. The van der Waals surface area contributed by atoms with E-state index in [1.807, 2.05) is 32.0 Å². The van der Waals surface area contributed by atoms with Gasteiger partial charge in [-0.2, -0.15) is 0 Å². The van der Waals surface area contributed by atoms with E-state index in [4.69, 9.17) is 0 Å². The summed E-state index contributed by atoms with van der Waals surface area (Å²) in [5.41, 5.74) is 4.01. The molecule has 110 valence electrons. The minimum Gasteiger partial charge on any atom is -0.309 e. The van der Waals surface area contributed by atoms with Crippen molar-refractivity contribution in [1.82, 2.24) is 5.32 Å². The summed E-state index contributed by atoms with van der Waals surface area (Å²) in [6.45, 7) is 4.99. The van der Waals surface area contributed by atoms with Crippen LogP contribution in [-0.2, 0) is 6.42 Å². The predicted molar refractivity (Wildman–Crippen MR) is 83.2 cm³/mol. The van der Waals surface area contributed by atoms with E-state index in [1.165, 1.54) is 12.1 Å². The monoisotopic (exact) mass is 285 g/mol. The topological polar surface area (TPSA) is 29.1 Å². The number of ketones is 1. The molecule has 0 aromatic heterocycles. The number of nitrogens with one attached hydrogen (secondary N) is 1. The third kappa shape index (κ3) is 4.50. The van der Waals surface area contributed by atoms with Crippen molar-refractivity contribution in [2.75, 3.05) is 13.1 Å². The lowest BCUT2D eigenvalue weighted by Crippen LogP contribution is -2.25. The number of hydrogen-bond donors (Lipinski definition) is 1. The van der Waals surface area contributed by atoms with Crippen molar-refractivity contribution in [3.63, 3.8) is 0 Å². The van der Waals surface area contributed by atoms with Crippen LogP contribution in [0.1, 0.15) is 27.0 Å². The maximum Gasteiger partial charge on any atom is 0.176 e. The van der Waals surface area contributed by atoms with E-state index >= 15 is 0 Å². The lowest BCUT2D eigenvalue weighted by atomic mass is 10.0. The SMILES string of the molecule is Cc1ccc(C(=O)CNCCc2ccc(F)cc2)c(C)c1. The summed E-state index contributed by atoms with van der Waals surface area (Å²) in [4.78, 5) is 12.1. The Labute approximate surface area is 125 Å². The normalized spacial score (nSPS) is 10.6. The van der Waals surface area contributed by atoms with E-state index in [2.05, 4.69) is 5.32 Å². The molecule has 2 rings (SSSR count). The molecule has 0 fully saturated rings. The number of carbonyl (C=O) groups is 1. The van der Waals surface area contributed by atoms with Crippen LogP contribution in [0, 0.1) is 19.7 Å². The molecule has 0 aliphatic rings. The first-order valence-electron chi connectivity index (χ1n) is 7.12. The Bertz CT molecular complexity index is 620. The quantitative estimate of drug-likeness (QED) is 0.650. The maximum absolute atomic E-state index is 12.8. The Kier molecular flexibility index (Phi) is 5.23. The predicted octanol–water partition coefficient (Wildman–Crippen LogP) is 3.46. The summed E-state index contributed by atoms with van der Waals surface area (Å²) in [6.07, 6.45) is 0.778. The smallest absolute Gasteiger partial charge is 0.176 e. The van der Waals surface area contributed by atoms with E-state index in [0.29, 0.717) is 13.1 Å². The molecule has 2 aromatic carbocycles. The van der Waals surface area contributed by atoms with E-state index < -0.39 is 0 Å². The zero-order valence-corrected chi connectivity index (χ0v) is 12.4. The second-order valence-electron chi connectivity index (χ2n) is 5.29. The molecular formula is C18H20FNO. The fourth-order valence-corrected chi connectivity index (χ4v) is 2.31. The molecule has 0 aliphatic heterocycles. The van der Waals surface area contributed by atoms with Crippen LogP contribution in [-0.4, -0.2) is 18.9 Å². The van der Waals surface area contributed by atoms with Crippen LogP contribution >= 0.6 is 0 Å². The van der Waals surface area contributed by atoms with Gasteiger partial charge in [0.15, 0.2) is 5.78 Å². The van der Waals surface area contributed by atoms with Gasteiger partial charge < -0.3 is 5.32 Å². The van der Waals surface area contributed by atoms with Crippen molar-refractivity contribution in [2.24, 2.45) is 0 Å². The molecular weight excluding hydrogens is 265 g/mol. The van der Waals surface area contributed by atoms with Gasteiger partial charge >= 0.3 is 0 Å². The number of rotatable bonds is 6. The minimum absolute atomic E-state index is 0.103. The van der Waals surface area contributed by atoms with E-state index in [-0.39, 0.29) is 11.6 Å². The maximum atomic E-state index is 12.8. The Morgan fingerprint density at radius 3 is 2.48 bits per heavy atom. The molecule has 0 saturated carbocycles. The van der Waals surface area contributed by atoms with Crippen LogP contribution in [0.15, 0.2) is 42.5 Å². The van der Waals surface area contributed by atoms with E-state index in [0.717, 1.165) is 28.7 Å². The van der Waals surface area contributed by atoms with Gasteiger partial charge in [0.25, 0.3) is 0 Å². The summed E-state index contributed by atoms with van der Waals surface area (Å²) in [5.74, 6) is -0.122. The molecule has 3 heteroatoms. The Morgan fingerprint density at radius 1 is 1.10 bits per heavy atom. The highest BCUT2D eigenvalue weighted by atomic mass is 19.1. The molecule has 2 nitrogen and oxygen atoms in total. The van der Waals surface area contributed by atoms with Crippen molar-refractivity contribution >= 4 is 5.78 Å². The average molecular weight is 285 g/mol. The molecule has 0 bridgehead atoms. The highest BCUT2D eigenvalue weighted by molar-refractivity contribution is 5.98. The van der Waals surface area contributed by atoms with Crippen molar-refractivity contribution in [2.45, 2.75) is 20.3 Å². The van der Waals surface area contributed by atoms with Gasteiger partial charge in [-0.05, 0) is 50.1 Å². The first kappa shape index (κ1) is 15.4. The molecule has 0 unspecified atom stereocenters. The third-order valence-electron chi connectivity index (χ3n) is 3.47. The third-order valence-corrected chi connectivity index (χ3v) is 3.47. The van der Waals surface area contributed by atoms with E-state index in [1.54, 1.807) is 12.1 Å². The lowest BCUT2D eigenvalue weighted by Gasteiger charge is -2.07. The Balaban J connectivity index is 1.80. The second kappa shape index (κ2) is 7.14. The molecule has 21 heavy (non-hydrogen) atoms. The largest absolute Gasteiger partial charge is 0.309 e. The summed E-state index contributed by atoms with van der Waals surface area (Å²) in [7, 11) is 0. The molecule has 0 amide bonds. The summed E-state index contributed by atoms with van der Waals surface area (Å²) in [5, 5.41) is 3.15.